The molecule has 0 fully saturated rings. The van der Waals surface area contributed by atoms with E-state index >= 15 is 0 Å². The molecule has 51 heavy (non-hydrogen) atoms. The quantitative estimate of drug-likeness (QED) is 0.0639. The van der Waals surface area contributed by atoms with Gasteiger partial charge in [-0.25, -0.2) is 9.97 Å². The zero-order chi connectivity index (χ0) is 36.4. The van der Waals surface area contributed by atoms with E-state index in [1.165, 1.54) is 28.0 Å². The van der Waals surface area contributed by atoms with Crippen molar-refractivity contribution >= 4 is 49.5 Å². The van der Waals surface area contributed by atoms with Crippen LogP contribution >= 0.6 is 0 Å². The van der Waals surface area contributed by atoms with Crippen LogP contribution in [0.15, 0.2) is 71.1 Å². The minimum absolute atomic E-state index is 0. The number of hydrogen-bond donors (Lipinski definition) is 1. The predicted molar refractivity (Wildman–Crippen MR) is 208 cm³/mol. The van der Waals surface area contributed by atoms with Gasteiger partial charge in [0.1, 0.15) is 12.1 Å². The molecule has 3 heterocycles. The number of benzene rings is 3. The number of nitrogens with zero attached hydrogens (tertiary/aromatic N) is 3. The van der Waals surface area contributed by atoms with E-state index in [1.54, 1.807) is 6.33 Å². The monoisotopic (exact) mass is 863 g/mol. The number of ketones is 1. The van der Waals surface area contributed by atoms with Crippen molar-refractivity contribution in [3.63, 3.8) is 0 Å². The molecule has 0 aliphatic carbocycles. The van der Waals surface area contributed by atoms with E-state index in [0.717, 1.165) is 76.3 Å². The number of carbonyl (C=O) groups is 1. The number of aliphatic hydroxyl groups excluding tert-OH is 1. The SMILES string of the molecule is CCC(C)(CC)C(=O)/C=C(\O)C(C)(CC)CC.Cc1ccc2c(n1)oc1c(-c3ncnc4c3ccc3cc(CC(C)C)cc(C)c34)[c-]ccc12.[Ir]. The maximum absolute atomic E-state index is 12.2. The molecule has 0 amide bonds. The Bertz CT molecular complexity index is 2210. The average molecular weight is 863 g/mol. The Morgan fingerprint density at radius 2 is 1.57 bits per heavy atom. The third-order valence-corrected chi connectivity index (χ3v) is 10.9. The first-order chi connectivity index (χ1) is 23.8. The number of aromatic nitrogens is 3. The van der Waals surface area contributed by atoms with Gasteiger partial charge in [-0.15, -0.1) is 18.2 Å². The van der Waals surface area contributed by atoms with Gasteiger partial charge in [-0.05, 0) is 85.9 Å². The van der Waals surface area contributed by atoms with Crippen molar-refractivity contribution in [3.8, 4) is 11.3 Å². The number of allylic oxidation sites excluding steroid dienone is 2. The van der Waals surface area contributed by atoms with E-state index in [1.807, 2.05) is 66.7 Å². The maximum Gasteiger partial charge on any atom is 0.216 e. The van der Waals surface area contributed by atoms with Crippen LogP contribution in [0.3, 0.4) is 0 Å². The number of furan rings is 1. The zero-order valence-electron chi connectivity index (χ0n) is 31.8. The molecular weight excluding hydrogens is 811 g/mol. The fourth-order valence-corrected chi connectivity index (χ4v) is 6.63. The Balaban J connectivity index is 0.000000279. The molecule has 7 heteroatoms. The molecule has 3 aromatic heterocycles. The van der Waals surface area contributed by atoms with Gasteiger partial charge in [0.15, 0.2) is 5.78 Å². The molecule has 6 aromatic rings. The standard InChI is InChI=1S/C29H24N3O.C15H28O2.Ir/c1-16(2)12-19-13-17(3)25-20(14-19)9-11-23-26(30-15-31-27(23)25)24-7-5-6-21-22-10-8-18(4)32-29(22)33-28(21)24;1-7-14(5,8-2)12(16)11-13(17)15(6,9-3)10-4;/h5-6,8-11,13-16H,12H2,1-4H3;11,16H,7-10H2,1-6H3;/q-1;;/b;12-11-;. The fraction of sp³-hybridized carbons (Fsp3) is 0.409. The Labute approximate surface area is 316 Å². The molecule has 6 rings (SSSR count). The van der Waals surface area contributed by atoms with E-state index in [2.05, 4.69) is 67.1 Å². The number of carbonyl (C=O) groups excluding carboxylic acids is 1. The summed E-state index contributed by atoms with van der Waals surface area (Å²) in [4.78, 5) is 26.2. The van der Waals surface area contributed by atoms with Crippen molar-refractivity contribution in [3.05, 3.63) is 89.6 Å². The molecule has 0 unspecified atom stereocenters. The van der Waals surface area contributed by atoms with Gasteiger partial charge < -0.3 is 9.52 Å². The minimum atomic E-state index is -0.337. The van der Waals surface area contributed by atoms with Crippen LogP contribution in [0, 0.1) is 36.7 Å². The normalized spacial score (nSPS) is 12.4. The van der Waals surface area contributed by atoms with E-state index in [4.69, 9.17) is 9.40 Å². The summed E-state index contributed by atoms with van der Waals surface area (Å²) in [6.45, 7) is 20.7. The summed E-state index contributed by atoms with van der Waals surface area (Å²) in [6, 6.07) is 20.3. The van der Waals surface area contributed by atoms with E-state index in [-0.39, 0.29) is 42.5 Å². The summed E-state index contributed by atoms with van der Waals surface area (Å²) in [6.07, 6.45) is 7.47. The number of pyridine rings is 1. The largest absolute Gasteiger partial charge is 0.512 e. The van der Waals surface area contributed by atoms with Gasteiger partial charge >= 0.3 is 0 Å². The van der Waals surface area contributed by atoms with Crippen molar-refractivity contribution in [2.75, 3.05) is 0 Å². The summed E-state index contributed by atoms with van der Waals surface area (Å²) in [7, 11) is 0. The summed E-state index contributed by atoms with van der Waals surface area (Å²) in [5.41, 5.74) is 6.96. The molecule has 0 aliphatic heterocycles. The molecule has 0 aliphatic rings. The van der Waals surface area contributed by atoms with Gasteiger partial charge in [-0.3, -0.25) is 9.78 Å². The van der Waals surface area contributed by atoms with Crippen LogP contribution in [0.1, 0.15) is 97.9 Å². The fourth-order valence-electron chi connectivity index (χ4n) is 6.63. The first kappa shape index (κ1) is 39.8. The van der Waals surface area contributed by atoms with Gasteiger partial charge in [0.25, 0.3) is 0 Å². The molecule has 1 radical (unpaired) electrons. The molecule has 0 bridgehead atoms. The topological polar surface area (TPSA) is 89.1 Å². The van der Waals surface area contributed by atoms with E-state index < -0.39 is 0 Å². The molecule has 6 nitrogen and oxygen atoms in total. The summed E-state index contributed by atoms with van der Waals surface area (Å²) >= 11 is 0. The second-order valence-electron chi connectivity index (χ2n) is 14.7. The maximum atomic E-state index is 12.2. The van der Waals surface area contributed by atoms with Gasteiger partial charge in [0.2, 0.25) is 5.71 Å². The van der Waals surface area contributed by atoms with Crippen LogP contribution in [-0.4, -0.2) is 25.8 Å². The van der Waals surface area contributed by atoms with Gasteiger partial charge in [0.05, 0.1) is 11.1 Å². The second kappa shape index (κ2) is 16.2. The molecule has 0 atom stereocenters. The zero-order valence-corrected chi connectivity index (χ0v) is 34.2. The Hall–Kier alpha value is -3.93. The van der Waals surface area contributed by atoms with Crippen molar-refractivity contribution in [1.82, 2.24) is 15.0 Å². The Morgan fingerprint density at radius 3 is 2.22 bits per heavy atom. The van der Waals surface area contributed by atoms with E-state index in [9.17, 15) is 9.90 Å². The number of aryl methyl sites for hydroxylation is 2. The molecule has 1 N–H and O–H groups in total. The molecular formula is C44H52IrN3O3-. The third kappa shape index (κ3) is 7.95. The van der Waals surface area contributed by atoms with Crippen molar-refractivity contribution in [2.45, 2.75) is 101 Å². The summed E-state index contributed by atoms with van der Waals surface area (Å²) < 4.78 is 6.23. The van der Waals surface area contributed by atoms with Crippen LogP contribution in [0.5, 0.6) is 0 Å². The number of aliphatic hydroxyl groups is 1. The van der Waals surface area contributed by atoms with Crippen molar-refractivity contribution < 1.29 is 34.4 Å². The first-order valence-electron chi connectivity index (χ1n) is 18.1. The molecule has 271 valence electrons. The van der Waals surface area contributed by atoms with Crippen LogP contribution in [0.4, 0.5) is 0 Å². The smallest absolute Gasteiger partial charge is 0.216 e. The van der Waals surface area contributed by atoms with Gasteiger partial charge in [0, 0.05) is 59.2 Å². The van der Waals surface area contributed by atoms with E-state index in [0.29, 0.717) is 11.6 Å². The Morgan fingerprint density at radius 1 is 0.902 bits per heavy atom. The number of rotatable bonds is 10. The number of hydrogen-bond acceptors (Lipinski definition) is 6. The molecule has 0 spiro atoms. The molecule has 0 saturated heterocycles. The van der Waals surface area contributed by atoms with Gasteiger partial charge in [-0.2, -0.15) is 0 Å². The van der Waals surface area contributed by atoms with Crippen LogP contribution in [0.2, 0.25) is 0 Å². The average Bonchev–Trinajstić information content (AvgIpc) is 3.48. The third-order valence-electron chi connectivity index (χ3n) is 10.9. The molecule has 0 saturated carbocycles. The summed E-state index contributed by atoms with van der Waals surface area (Å²) in [5.74, 6) is 0.906. The van der Waals surface area contributed by atoms with Crippen LogP contribution in [-0.2, 0) is 31.3 Å². The Kier molecular flexibility index (Phi) is 12.6. The second-order valence-corrected chi connectivity index (χ2v) is 14.7. The van der Waals surface area contributed by atoms with Crippen LogP contribution in [0.25, 0.3) is 55.0 Å². The minimum Gasteiger partial charge on any atom is -0.512 e. The van der Waals surface area contributed by atoms with Crippen molar-refractivity contribution in [2.24, 2.45) is 16.7 Å². The van der Waals surface area contributed by atoms with Crippen molar-refractivity contribution in [1.29, 1.82) is 0 Å². The number of fused-ring (bicyclic) bond motifs is 6. The first-order valence-corrected chi connectivity index (χ1v) is 18.1. The molecule has 3 aromatic carbocycles. The summed E-state index contributed by atoms with van der Waals surface area (Å²) in [5, 5.41) is 15.6. The van der Waals surface area contributed by atoms with Crippen LogP contribution < -0.4 is 0 Å². The predicted octanol–water partition coefficient (Wildman–Crippen LogP) is 12.0. The van der Waals surface area contributed by atoms with Gasteiger partial charge in [-0.1, -0.05) is 90.6 Å².